The number of nitrogens with one attached hydrogen (secondary N) is 1. The van der Waals surface area contributed by atoms with Crippen LogP contribution in [-0.2, 0) is 6.54 Å². The molecule has 1 fully saturated rings. The van der Waals surface area contributed by atoms with Crippen molar-refractivity contribution in [1.29, 1.82) is 5.26 Å². The highest BCUT2D eigenvalue weighted by molar-refractivity contribution is 5.33. The van der Waals surface area contributed by atoms with Crippen molar-refractivity contribution < 1.29 is 4.39 Å². The maximum Gasteiger partial charge on any atom is 0.127 e. The van der Waals surface area contributed by atoms with Crippen molar-refractivity contribution in [3.8, 4) is 6.07 Å². The largest absolute Gasteiger partial charge is 0.312 e. The highest BCUT2D eigenvalue weighted by Crippen LogP contribution is 2.11. The van der Waals surface area contributed by atoms with Gasteiger partial charge in [0, 0.05) is 18.7 Å². The molecule has 1 heterocycles. The van der Waals surface area contributed by atoms with E-state index in [-0.39, 0.29) is 5.82 Å². The van der Waals surface area contributed by atoms with Gasteiger partial charge in [0.05, 0.1) is 11.6 Å². The predicted octanol–water partition coefficient (Wildman–Crippen LogP) is 2.52. The molecule has 0 amide bonds. The van der Waals surface area contributed by atoms with E-state index in [1.54, 1.807) is 6.07 Å². The summed E-state index contributed by atoms with van der Waals surface area (Å²) in [5.41, 5.74) is 1.07. The van der Waals surface area contributed by atoms with Crippen LogP contribution >= 0.6 is 0 Å². The van der Waals surface area contributed by atoms with Crippen LogP contribution in [0.3, 0.4) is 0 Å². The van der Waals surface area contributed by atoms with E-state index in [1.807, 2.05) is 6.07 Å². The van der Waals surface area contributed by atoms with Crippen LogP contribution in [0.1, 0.15) is 30.9 Å². The molecule has 0 saturated carbocycles. The summed E-state index contributed by atoms with van der Waals surface area (Å²) in [4.78, 5) is 2.49. The number of hydrogen-bond donors (Lipinski definition) is 1. The molecular weight excluding hydrogens is 253 g/mol. The minimum Gasteiger partial charge on any atom is -0.312 e. The predicted molar refractivity (Wildman–Crippen MR) is 77.7 cm³/mol. The Hall–Kier alpha value is -1.44. The van der Waals surface area contributed by atoms with Gasteiger partial charge in [0.25, 0.3) is 0 Å². The number of rotatable bonds is 6. The average Bonchev–Trinajstić information content (AvgIpc) is 2.93. The maximum absolute atomic E-state index is 13.6. The van der Waals surface area contributed by atoms with Crippen LogP contribution in [0.4, 0.5) is 4.39 Å². The second-order valence-corrected chi connectivity index (χ2v) is 5.66. The van der Waals surface area contributed by atoms with Gasteiger partial charge in [-0.25, -0.2) is 4.39 Å². The first-order valence-corrected chi connectivity index (χ1v) is 7.30. The molecule has 4 heteroatoms. The van der Waals surface area contributed by atoms with Crippen LogP contribution in [0, 0.1) is 23.1 Å². The van der Waals surface area contributed by atoms with Gasteiger partial charge in [-0.3, -0.25) is 0 Å². The fourth-order valence-electron chi connectivity index (χ4n) is 2.70. The van der Waals surface area contributed by atoms with E-state index >= 15 is 0 Å². The van der Waals surface area contributed by atoms with Crippen molar-refractivity contribution in [3.63, 3.8) is 0 Å². The summed E-state index contributed by atoms with van der Waals surface area (Å²) >= 11 is 0. The van der Waals surface area contributed by atoms with Crippen LogP contribution in [0.25, 0.3) is 0 Å². The average molecular weight is 275 g/mol. The number of benzene rings is 1. The van der Waals surface area contributed by atoms with Crippen molar-refractivity contribution in [2.24, 2.45) is 5.92 Å². The topological polar surface area (TPSA) is 39.1 Å². The molecule has 108 valence electrons. The van der Waals surface area contributed by atoms with Crippen LogP contribution in [0.2, 0.25) is 0 Å². The Balaban J connectivity index is 1.76. The zero-order valence-electron chi connectivity index (χ0n) is 12.0. The van der Waals surface area contributed by atoms with Gasteiger partial charge in [-0.2, -0.15) is 5.26 Å². The minimum atomic E-state index is -0.247. The number of hydrogen-bond acceptors (Lipinski definition) is 3. The Kier molecular flexibility index (Phi) is 5.51. The molecule has 1 atom stereocenters. The molecule has 0 bridgehead atoms. The van der Waals surface area contributed by atoms with Gasteiger partial charge >= 0.3 is 0 Å². The summed E-state index contributed by atoms with van der Waals surface area (Å²) in [5, 5.41) is 12.1. The van der Waals surface area contributed by atoms with Crippen LogP contribution in [0.5, 0.6) is 0 Å². The van der Waals surface area contributed by atoms with E-state index in [0.717, 1.165) is 13.1 Å². The molecule has 1 aromatic rings. The Morgan fingerprint density at radius 3 is 2.85 bits per heavy atom. The molecule has 20 heavy (non-hydrogen) atoms. The quantitative estimate of drug-likeness (QED) is 0.867. The summed E-state index contributed by atoms with van der Waals surface area (Å²) in [6.07, 6.45) is 2.62. The second kappa shape index (κ2) is 7.37. The van der Waals surface area contributed by atoms with Gasteiger partial charge in [-0.05, 0) is 56.6 Å². The van der Waals surface area contributed by atoms with Gasteiger partial charge in [0.15, 0.2) is 0 Å². The third-order valence-corrected chi connectivity index (χ3v) is 3.75. The fourth-order valence-corrected chi connectivity index (χ4v) is 2.70. The van der Waals surface area contributed by atoms with Crippen LogP contribution in [-0.4, -0.2) is 31.1 Å². The van der Waals surface area contributed by atoms with Crippen molar-refractivity contribution in [3.05, 3.63) is 35.1 Å². The summed E-state index contributed by atoms with van der Waals surface area (Å²) in [6.45, 7) is 7.09. The van der Waals surface area contributed by atoms with E-state index in [9.17, 15) is 4.39 Å². The number of likely N-dealkylation sites (tertiary alicyclic amines) is 1. The zero-order valence-corrected chi connectivity index (χ0v) is 12.0. The molecule has 0 spiro atoms. The van der Waals surface area contributed by atoms with Gasteiger partial charge in [-0.15, -0.1) is 0 Å². The first-order valence-electron chi connectivity index (χ1n) is 7.30. The lowest BCUT2D eigenvalue weighted by Crippen LogP contribution is -2.31. The molecule has 1 unspecified atom stereocenters. The van der Waals surface area contributed by atoms with Gasteiger partial charge in [0.2, 0.25) is 0 Å². The summed E-state index contributed by atoms with van der Waals surface area (Å²) in [5.74, 6) is 0.305. The zero-order chi connectivity index (χ0) is 14.4. The monoisotopic (exact) mass is 275 g/mol. The van der Waals surface area contributed by atoms with E-state index in [2.05, 4.69) is 17.1 Å². The molecule has 0 radical (unpaired) electrons. The van der Waals surface area contributed by atoms with Crippen molar-refractivity contribution in [2.45, 2.75) is 26.3 Å². The lowest BCUT2D eigenvalue weighted by Gasteiger charge is -2.20. The number of nitriles is 1. The molecule has 0 aliphatic carbocycles. The molecule has 0 aromatic heterocycles. The van der Waals surface area contributed by atoms with E-state index in [4.69, 9.17) is 5.26 Å². The van der Waals surface area contributed by atoms with Crippen molar-refractivity contribution in [1.82, 2.24) is 10.2 Å². The molecule has 1 aromatic carbocycles. The number of nitrogens with zero attached hydrogens (tertiary/aromatic N) is 2. The lowest BCUT2D eigenvalue weighted by atomic mass is 10.1. The van der Waals surface area contributed by atoms with Gasteiger partial charge in [0.1, 0.15) is 5.82 Å². The molecule has 1 N–H and O–H groups in total. The minimum absolute atomic E-state index is 0.247. The Morgan fingerprint density at radius 2 is 2.15 bits per heavy atom. The van der Waals surface area contributed by atoms with Crippen molar-refractivity contribution >= 4 is 0 Å². The maximum atomic E-state index is 13.6. The Bertz CT molecular complexity index is 475. The lowest BCUT2D eigenvalue weighted by molar-refractivity contribution is 0.282. The van der Waals surface area contributed by atoms with E-state index < -0.39 is 0 Å². The molecular formula is C16H22FN3. The summed E-state index contributed by atoms with van der Waals surface area (Å²) in [6, 6.07) is 6.53. The van der Waals surface area contributed by atoms with E-state index in [0.29, 0.717) is 23.6 Å². The Morgan fingerprint density at radius 1 is 1.40 bits per heavy atom. The van der Waals surface area contributed by atoms with Gasteiger partial charge < -0.3 is 10.2 Å². The SMILES string of the molecule is CC(CNCc1cc(C#N)ccc1F)CN1CCCC1. The highest BCUT2D eigenvalue weighted by Gasteiger charge is 2.14. The molecule has 1 aliphatic heterocycles. The smallest absolute Gasteiger partial charge is 0.127 e. The highest BCUT2D eigenvalue weighted by atomic mass is 19.1. The summed E-state index contributed by atoms with van der Waals surface area (Å²) < 4.78 is 13.6. The second-order valence-electron chi connectivity index (χ2n) is 5.66. The first-order chi connectivity index (χ1) is 9.69. The van der Waals surface area contributed by atoms with Gasteiger partial charge in [-0.1, -0.05) is 6.92 Å². The standard InChI is InChI=1S/C16H22FN3/c1-13(12-20-6-2-3-7-20)10-19-11-15-8-14(9-18)4-5-16(15)17/h4-5,8,13,19H,2-3,6-7,10-12H2,1H3. The van der Waals surface area contributed by atoms with E-state index in [1.165, 1.54) is 38.1 Å². The number of halogens is 1. The molecule has 1 saturated heterocycles. The van der Waals surface area contributed by atoms with Crippen LogP contribution < -0.4 is 5.32 Å². The normalized spacial score (nSPS) is 17.1. The Labute approximate surface area is 120 Å². The molecule has 3 nitrogen and oxygen atoms in total. The first kappa shape index (κ1) is 15.0. The summed E-state index contributed by atoms with van der Waals surface area (Å²) in [7, 11) is 0. The van der Waals surface area contributed by atoms with Crippen LogP contribution in [0.15, 0.2) is 18.2 Å². The fraction of sp³-hybridized carbons (Fsp3) is 0.562. The third kappa shape index (κ3) is 4.29. The third-order valence-electron chi connectivity index (χ3n) is 3.75. The molecule has 1 aliphatic rings. The van der Waals surface area contributed by atoms with Crippen molar-refractivity contribution in [2.75, 3.05) is 26.2 Å². The molecule has 2 rings (SSSR count).